The van der Waals surface area contributed by atoms with E-state index in [1.807, 2.05) is 30.3 Å². The molecule has 0 spiro atoms. The average molecular weight is 381 g/mol. The molecule has 0 amide bonds. The number of pyridine rings is 1. The monoisotopic (exact) mass is 380 g/mol. The van der Waals surface area contributed by atoms with Crippen molar-refractivity contribution in [1.82, 2.24) is 4.98 Å². The van der Waals surface area contributed by atoms with Crippen LogP contribution in [0.1, 0.15) is 11.3 Å². The Morgan fingerprint density at radius 1 is 1.00 bits per heavy atom. The van der Waals surface area contributed by atoms with Crippen LogP contribution in [0.3, 0.4) is 0 Å². The van der Waals surface area contributed by atoms with Crippen molar-refractivity contribution in [2.24, 2.45) is 0 Å². The van der Waals surface area contributed by atoms with Gasteiger partial charge in [-0.05, 0) is 49.4 Å². The Bertz CT molecular complexity index is 858. The van der Waals surface area contributed by atoms with E-state index in [9.17, 15) is 13.2 Å². The van der Waals surface area contributed by atoms with Crippen LogP contribution in [0.15, 0.2) is 53.0 Å². The normalized spacial score (nSPS) is 11.7. The van der Waals surface area contributed by atoms with Crippen molar-refractivity contribution in [2.75, 3.05) is 5.32 Å². The zero-order valence-corrected chi connectivity index (χ0v) is 13.7. The first-order valence-corrected chi connectivity index (χ1v) is 7.63. The van der Waals surface area contributed by atoms with Gasteiger partial charge in [0.15, 0.2) is 0 Å². The first-order valence-electron chi connectivity index (χ1n) is 6.84. The predicted octanol–water partition coefficient (Wildman–Crippen LogP) is 6.07. The summed E-state index contributed by atoms with van der Waals surface area (Å²) in [5.41, 5.74) is 1.84. The average Bonchev–Trinajstić information content (AvgIpc) is 2.48. The Morgan fingerprint density at radius 2 is 1.70 bits per heavy atom. The van der Waals surface area contributed by atoms with E-state index < -0.39 is 11.7 Å². The number of nitrogens with one attached hydrogen (secondary N) is 1. The number of aryl methyl sites for hydroxylation is 1. The van der Waals surface area contributed by atoms with Gasteiger partial charge in [-0.1, -0.05) is 22.0 Å². The molecule has 3 aromatic rings. The summed E-state index contributed by atoms with van der Waals surface area (Å²) in [6.07, 6.45) is -4.38. The maximum absolute atomic E-state index is 12.9. The summed E-state index contributed by atoms with van der Waals surface area (Å²) in [7, 11) is 0. The van der Waals surface area contributed by atoms with Crippen LogP contribution in [0.2, 0.25) is 0 Å². The predicted molar refractivity (Wildman–Crippen MR) is 88.9 cm³/mol. The van der Waals surface area contributed by atoms with Gasteiger partial charge in [-0.25, -0.2) is 0 Å². The molecular weight excluding hydrogens is 369 g/mol. The molecule has 2 nitrogen and oxygen atoms in total. The number of benzene rings is 2. The maximum Gasteiger partial charge on any atom is 0.416 e. The van der Waals surface area contributed by atoms with Gasteiger partial charge in [0.25, 0.3) is 0 Å². The van der Waals surface area contributed by atoms with Crippen molar-refractivity contribution < 1.29 is 13.2 Å². The van der Waals surface area contributed by atoms with Crippen LogP contribution in [0, 0.1) is 6.92 Å². The molecule has 1 aromatic heterocycles. The van der Waals surface area contributed by atoms with Crippen LogP contribution in [0.5, 0.6) is 0 Å². The van der Waals surface area contributed by atoms with Gasteiger partial charge >= 0.3 is 6.18 Å². The molecule has 1 heterocycles. The minimum Gasteiger partial charge on any atom is -0.355 e. The maximum atomic E-state index is 12.9. The second kappa shape index (κ2) is 5.85. The number of alkyl halides is 3. The van der Waals surface area contributed by atoms with Crippen LogP contribution < -0.4 is 5.32 Å². The highest BCUT2D eigenvalue weighted by Gasteiger charge is 2.30. The highest BCUT2D eigenvalue weighted by Crippen LogP contribution is 2.33. The molecule has 118 valence electrons. The molecule has 0 bridgehead atoms. The van der Waals surface area contributed by atoms with Crippen molar-refractivity contribution in [2.45, 2.75) is 13.1 Å². The van der Waals surface area contributed by atoms with E-state index in [-0.39, 0.29) is 0 Å². The number of rotatable bonds is 2. The molecule has 0 saturated carbocycles. The standard InChI is InChI=1S/C17H12BrF3N2/c1-10-8-15(23-13-5-3-12(18)4-6-13)14-7-2-11(17(19,20)21)9-16(14)22-10/h2-9H,1H3,(H,22,23). The fourth-order valence-corrected chi connectivity index (χ4v) is 2.59. The molecule has 6 heteroatoms. The third-order valence-corrected chi connectivity index (χ3v) is 3.92. The Kier molecular flexibility index (Phi) is 4.02. The lowest BCUT2D eigenvalue weighted by Crippen LogP contribution is -2.05. The van der Waals surface area contributed by atoms with Gasteiger partial charge in [-0.2, -0.15) is 13.2 Å². The molecule has 0 aliphatic carbocycles. The van der Waals surface area contributed by atoms with Gasteiger partial charge in [-0.15, -0.1) is 0 Å². The van der Waals surface area contributed by atoms with Crippen LogP contribution in [0.4, 0.5) is 24.5 Å². The van der Waals surface area contributed by atoms with Gasteiger partial charge in [-0.3, -0.25) is 4.98 Å². The van der Waals surface area contributed by atoms with E-state index in [1.165, 1.54) is 6.07 Å². The van der Waals surface area contributed by atoms with Crippen molar-refractivity contribution in [3.05, 3.63) is 64.3 Å². The summed E-state index contributed by atoms with van der Waals surface area (Å²) in [4.78, 5) is 4.22. The third kappa shape index (κ3) is 3.47. The largest absolute Gasteiger partial charge is 0.416 e. The SMILES string of the molecule is Cc1cc(Nc2ccc(Br)cc2)c2ccc(C(F)(F)F)cc2n1. The molecule has 1 N–H and O–H groups in total. The van der Waals surface area contributed by atoms with Crippen molar-refractivity contribution in [3.8, 4) is 0 Å². The van der Waals surface area contributed by atoms with Crippen molar-refractivity contribution >= 4 is 38.2 Å². The molecule has 0 unspecified atom stereocenters. The Morgan fingerprint density at radius 3 is 2.35 bits per heavy atom. The third-order valence-electron chi connectivity index (χ3n) is 3.39. The fourth-order valence-electron chi connectivity index (χ4n) is 2.33. The molecule has 0 aliphatic heterocycles. The highest BCUT2D eigenvalue weighted by atomic mass is 79.9. The first-order chi connectivity index (χ1) is 10.8. The van der Waals surface area contributed by atoms with E-state index in [4.69, 9.17) is 0 Å². The minimum absolute atomic E-state index is 0.319. The number of hydrogen-bond donors (Lipinski definition) is 1. The Balaban J connectivity index is 2.08. The number of anilines is 2. The van der Waals surface area contributed by atoms with Crippen LogP contribution in [-0.4, -0.2) is 4.98 Å². The first kappa shape index (κ1) is 15.8. The molecule has 23 heavy (non-hydrogen) atoms. The van der Waals surface area contributed by atoms with E-state index in [0.29, 0.717) is 16.6 Å². The summed E-state index contributed by atoms with van der Waals surface area (Å²) in [5.74, 6) is 0. The molecule has 2 aromatic carbocycles. The topological polar surface area (TPSA) is 24.9 Å². The second-order valence-electron chi connectivity index (χ2n) is 5.17. The lowest BCUT2D eigenvalue weighted by molar-refractivity contribution is -0.137. The number of aromatic nitrogens is 1. The van der Waals surface area contributed by atoms with Gasteiger partial charge in [0.05, 0.1) is 11.1 Å². The highest BCUT2D eigenvalue weighted by molar-refractivity contribution is 9.10. The van der Waals surface area contributed by atoms with Crippen LogP contribution in [-0.2, 0) is 6.18 Å². The molecule has 0 saturated heterocycles. The van der Waals surface area contributed by atoms with Crippen molar-refractivity contribution in [1.29, 1.82) is 0 Å². The van der Waals surface area contributed by atoms with E-state index >= 15 is 0 Å². The Hall–Kier alpha value is -2.08. The van der Waals surface area contributed by atoms with Gasteiger partial charge in [0, 0.05) is 26.9 Å². The quantitative estimate of drug-likeness (QED) is 0.583. The smallest absolute Gasteiger partial charge is 0.355 e. The molecule has 0 atom stereocenters. The second-order valence-corrected chi connectivity index (χ2v) is 6.09. The lowest BCUT2D eigenvalue weighted by Gasteiger charge is -2.13. The zero-order chi connectivity index (χ0) is 16.6. The number of fused-ring (bicyclic) bond motifs is 1. The molecular formula is C17H12BrF3N2. The number of hydrogen-bond acceptors (Lipinski definition) is 2. The Labute approximate surface area is 139 Å². The molecule has 0 aliphatic rings. The van der Waals surface area contributed by atoms with Gasteiger partial charge in [0.1, 0.15) is 0 Å². The van der Waals surface area contributed by atoms with Crippen LogP contribution in [0.25, 0.3) is 10.9 Å². The molecule has 0 radical (unpaired) electrons. The van der Waals surface area contributed by atoms with Crippen molar-refractivity contribution in [3.63, 3.8) is 0 Å². The summed E-state index contributed by atoms with van der Waals surface area (Å²) in [6.45, 7) is 1.76. The molecule has 0 fully saturated rings. The van der Waals surface area contributed by atoms with E-state index in [1.54, 1.807) is 6.92 Å². The van der Waals surface area contributed by atoms with E-state index in [0.717, 1.165) is 28.0 Å². The van der Waals surface area contributed by atoms with Crippen LogP contribution >= 0.6 is 15.9 Å². The van der Waals surface area contributed by atoms with Gasteiger partial charge < -0.3 is 5.32 Å². The minimum atomic E-state index is -4.38. The number of halogens is 4. The molecule has 3 rings (SSSR count). The summed E-state index contributed by atoms with van der Waals surface area (Å²) in [5, 5.41) is 3.88. The fraction of sp³-hybridized carbons (Fsp3) is 0.118. The number of nitrogens with zero attached hydrogens (tertiary/aromatic N) is 1. The summed E-state index contributed by atoms with van der Waals surface area (Å²) < 4.78 is 39.5. The lowest BCUT2D eigenvalue weighted by atomic mass is 10.1. The summed E-state index contributed by atoms with van der Waals surface area (Å²) in [6, 6.07) is 13.0. The van der Waals surface area contributed by atoms with Gasteiger partial charge in [0.2, 0.25) is 0 Å². The zero-order valence-electron chi connectivity index (χ0n) is 12.1. The summed E-state index contributed by atoms with van der Waals surface area (Å²) >= 11 is 3.36. The van der Waals surface area contributed by atoms with E-state index in [2.05, 4.69) is 26.2 Å².